The third-order valence-corrected chi connectivity index (χ3v) is 5.71. The van der Waals surface area contributed by atoms with Crippen LogP contribution in [0.25, 0.3) is 10.9 Å². The number of nitrogens with zero attached hydrogens (tertiary/aromatic N) is 3. The average Bonchev–Trinajstić information content (AvgIpc) is 3.07. The van der Waals surface area contributed by atoms with Gasteiger partial charge in [0, 0.05) is 17.9 Å². The number of aromatic nitrogens is 3. The molecule has 3 rings (SSSR count). The van der Waals surface area contributed by atoms with Crippen LogP contribution >= 0.6 is 11.8 Å². The van der Waals surface area contributed by atoms with Crippen LogP contribution in [0.15, 0.2) is 52.9 Å². The van der Waals surface area contributed by atoms with Gasteiger partial charge in [0.2, 0.25) is 0 Å². The maximum absolute atomic E-state index is 13.8. The van der Waals surface area contributed by atoms with Gasteiger partial charge in [-0.2, -0.15) is 27.1 Å². The fraction of sp³-hybridized carbons (Fsp3) is 0.400. The molecule has 0 aromatic carbocycles. The van der Waals surface area contributed by atoms with Gasteiger partial charge in [0.1, 0.15) is 12.4 Å². The van der Waals surface area contributed by atoms with E-state index in [2.05, 4.69) is 15.4 Å². The van der Waals surface area contributed by atoms with E-state index in [0.29, 0.717) is 21.7 Å². The van der Waals surface area contributed by atoms with Gasteiger partial charge in [-0.15, -0.1) is 11.8 Å². The number of anilines is 1. The number of pyridine rings is 1. The zero-order valence-electron chi connectivity index (χ0n) is 17.4. The van der Waals surface area contributed by atoms with Crippen molar-refractivity contribution in [2.45, 2.75) is 44.5 Å². The Bertz CT molecular complexity index is 1110. The third-order valence-electron chi connectivity index (χ3n) is 4.80. The number of hydrogen-bond acceptors (Lipinski definition) is 5. The number of allylic oxidation sites excluding steroid dienone is 2. The minimum Gasteiger partial charge on any atom is -0.335 e. The Kier molecular flexibility index (Phi) is 6.85. The summed E-state index contributed by atoms with van der Waals surface area (Å²) >= 11 is 1.29. The number of fused-ring (bicyclic) bond motifs is 1. The van der Waals surface area contributed by atoms with Crippen molar-refractivity contribution >= 4 is 28.5 Å². The van der Waals surface area contributed by atoms with Crippen molar-refractivity contribution in [1.29, 1.82) is 0 Å². The zero-order chi connectivity index (χ0) is 24.6. The van der Waals surface area contributed by atoms with E-state index in [0.717, 1.165) is 16.8 Å². The number of hydrogen-bond donors (Lipinski definition) is 2. The van der Waals surface area contributed by atoms with Gasteiger partial charge in [-0.1, -0.05) is 19.1 Å². The summed E-state index contributed by atoms with van der Waals surface area (Å²) in [6, 6.07) is 0.449. The highest BCUT2D eigenvalue weighted by Crippen LogP contribution is 2.36. The first-order chi connectivity index (χ1) is 15.2. The molecule has 2 aromatic heterocycles. The summed E-state index contributed by atoms with van der Waals surface area (Å²) < 4.78 is 93.4. The maximum Gasteiger partial charge on any atom is 0.416 e. The second-order valence-electron chi connectivity index (χ2n) is 7.34. The largest absolute Gasteiger partial charge is 0.416 e. The standard InChI is InChI=1S/C20H20F7N5S/c1-3-33-17(13-5-4-12(7-14(13)28)20(25,26)27)31-16-6-11-8-30-32(15(11)9-29-16)10-19(23,24)18(2,21)22/h4-9,14H,3,10,28H2,1-2H3,(H,29,31)/b17-13+. The molecule has 5 nitrogen and oxygen atoms in total. The van der Waals surface area contributed by atoms with Crippen LogP contribution in [0, 0.1) is 0 Å². The smallest absolute Gasteiger partial charge is 0.335 e. The van der Waals surface area contributed by atoms with Crippen molar-refractivity contribution in [1.82, 2.24) is 14.8 Å². The quantitative estimate of drug-likeness (QED) is 0.498. The summed E-state index contributed by atoms with van der Waals surface area (Å²) in [6.45, 7) is 0.645. The molecular weight excluding hydrogens is 475 g/mol. The van der Waals surface area contributed by atoms with Crippen molar-refractivity contribution in [2.75, 3.05) is 11.1 Å². The highest BCUT2D eigenvalue weighted by molar-refractivity contribution is 8.03. The molecule has 1 atom stereocenters. The predicted molar refractivity (Wildman–Crippen MR) is 113 cm³/mol. The molecule has 33 heavy (non-hydrogen) atoms. The van der Waals surface area contributed by atoms with Crippen LogP contribution < -0.4 is 11.1 Å². The minimum atomic E-state index is -4.52. The second kappa shape index (κ2) is 9.01. The Morgan fingerprint density at radius 3 is 2.42 bits per heavy atom. The van der Waals surface area contributed by atoms with Crippen molar-refractivity contribution in [3.63, 3.8) is 0 Å². The van der Waals surface area contributed by atoms with Crippen molar-refractivity contribution in [3.8, 4) is 0 Å². The van der Waals surface area contributed by atoms with E-state index in [9.17, 15) is 30.7 Å². The van der Waals surface area contributed by atoms with Crippen molar-refractivity contribution < 1.29 is 30.7 Å². The van der Waals surface area contributed by atoms with Crippen LogP contribution in [0.2, 0.25) is 0 Å². The molecule has 0 fully saturated rings. The first-order valence-corrected chi connectivity index (χ1v) is 10.7. The molecule has 1 aliphatic rings. The Morgan fingerprint density at radius 2 is 1.85 bits per heavy atom. The van der Waals surface area contributed by atoms with Gasteiger partial charge in [0.15, 0.2) is 0 Å². The highest BCUT2D eigenvalue weighted by Gasteiger charge is 2.52. The van der Waals surface area contributed by atoms with E-state index >= 15 is 0 Å². The lowest BCUT2D eigenvalue weighted by Crippen LogP contribution is -2.41. The molecule has 2 heterocycles. The number of alkyl halides is 7. The number of halogens is 7. The monoisotopic (exact) mass is 495 g/mol. The molecular formula is C20H20F7N5S. The molecule has 2 aromatic rings. The van der Waals surface area contributed by atoms with Crippen LogP contribution in [0.1, 0.15) is 13.8 Å². The predicted octanol–water partition coefficient (Wildman–Crippen LogP) is 5.48. The van der Waals surface area contributed by atoms with E-state index in [4.69, 9.17) is 5.73 Å². The van der Waals surface area contributed by atoms with Gasteiger partial charge >= 0.3 is 18.0 Å². The third kappa shape index (κ3) is 5.52. The zero-order valence-corrected chi connectivity index (χ0v) is 18.2. The van der Waals surface area contributed by atoms with E-state index < -0.39 is 36.2 Å². The van der Waals surface area contributed by atoms with Crippen LogP contribution in [0.4, 0.5) is 36.6 Å². The van der Waals surface area contributed by atoms with Crippen molar-refractivity contribution in [2.24, 2.45) is 5.73 Å². The Balaban J connectivity index is 1.88. The Labute approximate surface area is 188 Å². The number of nitrogens with one attached hydrogen (secondary N) is 1. The van der Waals surface area contributed by atoms with Crippen LogP contribution in [-0.4, -0.2) is 44.6 Å². The van der Waals surface area contributed by atoms with Gasteiger partial charge in [-0.3, -0.25) is 4.68 Å². The molecule has 1 unspecified atom stereocenters. The molecule has 0 amide bonds. The Morgan fingerprint density at radius 1 is 1.15 bits per heavy atom. The van der Waals surface area contributed by atoms with E-state index in [1.165, 1.54) is 36.3 Å². The van der Waals surface area contributed by atoms with Crippen molar-refractivity contribution in [3.05, 3.63) is 52.9 Å². The fourth-order valence-electron chi connectivity index (χ4n) is 3.00. The SMILES string of the molecule is CCS/C(Nc1cc2cnn(CC(F)(F)C(C)(F)F)c2cn1)=C1\C=CC(C(F)(F)F)=CC1N. The molecule has 13 heteroatoms. The van der Waals surface area contributed by atoms with E-state index in [1.807, 2.05) is 6.92 Å². The number of thioether (sulfide) groups is 1. The molecule has 1 aliphatic carbocycles. The number of nitrogens with two attached hydrogens (primary N) is 1. The maximum atomic E-state index is 13.8. The molecule has 180 valence electrons. The summed E-state index contributed by atoms with van der Waals surface area (Å²) in [4.78, 5) is 4.12. The highest BCUT2D eigenvalue weighted by atomic mass is 32.2. The Hall–Kier alpha value is -2.54. The molecule has 0 saturated carbocycles. The molecule has 0 saturated heterocycles. The normalized spacial score (nSPS) is 19.1. The molecule has 0 spiro atoms. The molecule has 0 bridgehead atoms. The lowest BCUT2D eigenvalue weighted by atomic mass is 9.98. The first-order valence-electron chi connectivity index (χ1n) is 9.67. The topological polar surface area (TPSA) is 68.8 Å². The fourth-order valence-corrected chi connectivity index (χ4v) is 3.83. The van der Waals surface area contributed by atoms with Gasteiger partial charge in [-0.25, -0.2) is 13.8 Å². The summed E-state index contributed by atoms with van der Waals surface area (Å²) in [5.41, 5.74) is 5.62. The van der Waals surface area contributed by atoms with Gasteiger partial charge < -0.3 is 11.1 Å². The summed E-state index contributed by atoms with van der Waals surface area (Å²) in [6.07, 6.45) is 1.04. The lowest BCUT2D eigenvalue weighted by Gasteiger charge is -2.23. The van der Waals surface area contributed by atoms with Gasteiger partial charge in [-0.05, 0) is 17.9 Å². The van der Waals surface area contributed by atoms with Crippen LogP contribution in [0.3, 0.4) is 0 Å². The van der Waals surface area contributed by atoms with E-state index in [1.54, 1.807) is 0 Å². The summed E-state index contributed by atoms with van der Waals surface area (Å²) in [5.74, 6) is -7.72. The molecule has 0 radical (unpaired) electrons. The lowest BCUT2D eigenvalue weighted by molar-refractivity contribution is -0.205. The van der Waals surface area contributed by atoms with Crippen LogP contribution in [0.5, 0.6) is 0 Å². The second-order valence-corrected chi connectivity index (χ2v) is 8.62. The van der Waals surface area contributed by atoms with Gasteiger partial charge in [0.05, 0.1) is 34.6 Å². The van der Waals surface area contributed by atoms with Crippen LogP contribution in [-0.2, 0) is 6.54 Å². The summed E-state index contributed by atoms with van der Waals surface area (Å²) in [5, 5.41) is 7.57. The molecule has 3 N–H and O–H groups in total. The minimum absolute atomic E-state index is 0.119. The van der Waals surface area contributed by atoms with Gasteiger partial charge in [0.25, 0.3) is 0 Å². The average molecular weight is 495 g/mol. The number of rotatable bonds is 7. The summed E-state index contributed by atoms with van der Waals surface area (Å²) in [7, 11) is 0. The molecule has 0 aliphatic heterocycles. The van der Waals surface area contributed by atoms with E-state index in [-0.39, 0.29) is 18.3 Å². The first kappa shape index (κ1) is 25.1.